The third kappa shape index (κ3) is 1.36. The summed E-state index contributed by atoms with van der Waals surface area (Å²) in [5, 5.41) is 0. The predicted molar refractivity (Wildman–Crippen MR) is 35.2 cm³/mol. The fraction of sp³-hybridized carbons (Fsp3) is 0.571. The van der Waals surface area contributed by atoms with Crippen LogP contribution in [0.3, 0.4) is 0 Å². The van der Waals surface area contributed by atoms with E-state index in [0.717, 1.165) is 6.29 Å². The van der Waals surface area contributed by atoms with E-state index < -0.39 is 0 Å². The normalized spacial score (nSPS) is 30.1. The Morgan fingerprint density at radius 1 is 1.80 bits per heavy atom. The van der Waals surface area contributed by atoms with Gasteiger partial charge in [0, 0.05) is 19.4 Å². The van der Waals surface area contributed by atoms with Crippen molar-refractivity contribution in [2.75, 3.05) is 7.11 Å². The van der Waals surface area contributed by atoms with Crippen LogP contribution in [0.4, 0.5) is 0 Å². The molecule has 0 bridgehead atoms. The molecule has 0 saturated heterocycles. The summed E-state index contributed by atoms with van der Waals surface area (Å²) in [6.45, 7) is 0. The van der Waals surface area contributed by atoms with Crippen LogP contribution >= 0.6 is 0 Å². The standard InChI is InChI=1S/C7H10O3/c1-9-7-6(2-4-8)3-5-10-7/h3-7H,2H2,1H3/t6-,7-/m1/s1. The minimum absolute atomic E-state index is 0.0995. The SMILES string of the molecule is CO[C@@H]1OC=C[C@H]1CC=O. The van der Waals surface area contributed by atoms with E-state index >= 15 is 0 Å². The second-order valence-corrected chi connectivity index (χ2v) is 2.13. The molecule has 0 unspecified atom stereocenters. The summed E-state index contributed by atoms with van der Waals surface area (Å²) in [4.78, 5) is 10.1. The molecule has 1 aliphatic rings. The van der Waals surface area contributed by atoms with Crippen molar-refractivity contribution in [3.8, 4) is 0 Å². The van der Waals surface area contributed by atoms with Crippen molar-refractivity contribution in [3.05, 3.63) is 12.3 Å². The molecule has 1 heterocycles. The zero-order chi connectivity index (χ0) is 7.40. The highest BCUT2D eigenvalue weighted by molar-refractivity contribution is 5.50. The quantitative estimate of drug-likeness (QED) is 0.544. The van der Waals surface area contributed by atoms with Crippen LogP contribution in [0.1, 0.15) is 6.42 Å². The van der Waals surface area contributed by atoms with Crippen LogP contribution in [0.25, 0.3) is 0 Å². The van der Waals surface area contributed by atoms with Gasteiger partial charge in [-0.15, -0.1) is 0 Å². The summed E-state index contributed by atoms with van der Waals surface area (Å²) in [6.07, 6.45) is 4.49. The summed E-state index contributed by atoms with van der Waals surface area (Å²) >= 11 is 0. The number of aldehydes is 1. The first kappa shape index (κ1) is 7.28. The average molecular weight is 142 g/mol. The molecule has 2 atom stereocenters. The smallest absolute Gasteiger partial charge is 0.205 e. The maximum Gasteiger partial charge on any atom is 0.205 e. The first-order valence-electron chi connectivity index (χ1n) is 3.17. The van der Waals surface area contributed by atoms with E-state index in [1.54, 1.807) is 13.4 Å². The maximum absolute atomic E-state index is 10.1. The lowest BCUT2D eigenvalue weighted by Crippen LogP contribution is -2.18. The molecule has 0 radical (unpaired) electrons. The van der Waals surface area contributed by atoms with Gasteiger partial charge < -0.3 is 14.3 Å². The Balaban J connectivity index is 2.40. The fourth-order valence-corrected chi connectivity index (χ4v) is 0.946. The first-order valence-corrected chi connectivity index (χ1v) is 3.17. The Morgan fingerprint density at radius 3 is 3.20 bits per heavy atom. The Bertz CT molecular complexity index is 142. The number of carbonyl (C=O) groups excluding carboxylic acids is 1. The van der Waals surface area contributed by atoms with E-state index in [9.17, 15) is 4.79 Å². The van der Waals surface area contributed by atoms with Gasteiger partial charge in [0.2, 0.25) is 6.29 Å². The molecule has 3 nitrogen and oxygen atoms in total. The van der Waals surface area contributed by atoms with Crippen LogP contribution in [0.2, 0.25) is 0 Å². The fourth-order valence-electron chi connectivity index (χ4n) is 0.946. The molecule has 0 amide bonds. The van der Waals surface area contributed by atoms with Crippen LogP contribution in [0.5, 0.6) is 0 Å². The molecule has 0 aromatic rings. The number of rotatable bonds is 3. The Kier molecular flexibility index (Phi) is 2.45. The Hall–Kier alpha value is -0.830. The van der Waals surface area contributed by atoms with Crippen LogP contribution in [-0.4, -0.2) is 19.7 Å². The Morgan fingerprint density at radius 2 is 2.60 bits per heavy atom. The van der Waals surface area contributed by atoms with Gasteiger partial charge in [-0.2, -0.15) is 0 Å². The number of methoxy groups -OCH3 is 1. The molecule has 1 aliphatic heterocycles. The van der Waals surface area contributed by atoms with Gasteiger partial charge in [-0.05, 0) is 6.08 Å². The average Bonchev–Trinajstić information content (AvgIpc) is 2.36. The molecule has 0 saturated carbocycles. The lowest BCUT2D eigenvalue weighted by Gasteiger charge is -2.13. The van der Waals surface area contributed by atoms with E-state index in [1.807, 2.05) is 6.08 Å². The van der Waals surface area contributed by atoms with E-state index in [2.05, 4.69) is 0 Å². The molecule has 1 rings (SSSR count). The minimum Gasteiger partial charge on any atom is -0.472 e. The highest BCUT2D eigenvalue weighted by Gasteiger charge is 2.23. The summed E-state index contributed by atoms with van der Waals surface area (Å²) in [6, 6.07) is 0. The highest BCUT2D eigenvalue weighted by atomic mass is 16.7. The van der Waals surface area contributed by atoms with Gasteiger partial charge in [-0.3, -0.25) is 0 Å². The monoisotopic (exact) mass is 142 g/mol. The van der Waals surface area contributed by atoms with Crippen molar-refractivity contribution in [1.82, 2.24) is 0 Å². The molecule has 56 valence electrons. The van der Waals surface area contributed by atoms with E-state index in [4.69, 9.17) is 9.47 Å². The third-order valence-electron chi connectivity index (χ3n) is 1.49. The second-order valence-electron chi connectivity index (χ2n) is 2.13. The second kappa shape index (κ2) is 3.37. The van der Waals surface area contributed by atoms with Gasteiger partial charge >= 0.3 is 0 Å². The summed E-state index contributed by atoms with van der Waals surface area (Å²) in [5.74, 6) is 0.0995. The van der Waals surface area contributed by atoms with E-state index in [0.29, 0.717) is 6.42 Å². The molecule has 10 heavy (non-hydrogen) atoms. The van der Waals surface area contributed by atoms with Crippen molar-refractivity contribution in [2.24, 2.45) is 5.92 Å². The van der Waals surface area contributed by atoms with Crippen LogP contribution < -0.4 is 0 Å². The topological polar surface area (TPSA) is 35.5 Å². The molecular formula is C7H10O3. The van der Waals surface area contributed by atoms with Crippen LogP contribution in [0, 0.1) is 5.92 Å². The minimum atomic E-state index is -0.259. The first-order chi connectivity index (χ1) is 4.88. The van der Waals surface area contributed by atoms with Crippen molar-refractivity contribution < 1.29 is 14.3 Å². The van der Waals surface area contributed by atoms with Crippen molar-refractivity contribution >= 4 is 6.29 Å². The third-order valence-corrected chi connectivity index (χ3v) is 1.49. The molecule has 0 N–H and O–H groups in total. The molecule has 0 aliphatic carbocycles. The molecule has 0 aromatic heterocycles. The Labute approximate surface area is 59.6 Å². The zero-order valence-corrected chi connectivity index (χ0v) is 5.82. The van der Waals surface area contributed by atoms with Crippen molar-refractivity contribution in [3.63, 3.8) is 0 Å². The largest absolute Gasteiger partial charge is 0.472 e. The maximum atomic E-state index is 10.1. The van der Waals surface area contributed by atoms with E-state index in [1.165, 1.54) is 0 Å². The molecule has 0 fully saturated rings. The molecule has 3 heteroatoms. The molecule has 0 spiro atoms. The lowest BCUT2D eigenvalue weighted by molar-refractivity contribution is -0.115. The van der Waals surface area contributed by atoms with E-state index in [-0.39, 0.29) is 12.2 Å². The summed E-state index contributed by atoms with van der Waals surface area (Å²) < 4.78 is 9.94. The van der Waals surface area contributed by atoms with Gasteiger partial charge in [0.15, 0.2) is 0 Å². The summed E-state index contributed by atoms with van der Waals surface area (Å²) in [5.41, 5.74) is 0. The van der Waals surface area contributed by atoms with Gasteiger partial charge in [0.1, 0.15) is 6.29 Å². The summed E-state index contributed by atoms with van der Waals surface area (Å²) in [7, 11) is 1.56. The highest BCUT2D eigenvalue weighted by Crippen LogP contribution is 2.19. The van der Waals surface area contributed by atoms with Crippen molar-refractivity contribution in [2.45, 2.75) is 12.7 Å². The molecule has 0 aromatic carbocycles. The lowest BCUT2D eigenvalue weighted by atomic mass is 10.1. The van der Waals surface area contributed by atoms with Crippen LogP contribution in [-0.2, 0) is 14.3 Å². The zero-order valence-electron chi connectivity index (χ0n) is 5.82. The van der Waals surface area contributed by atoms with Gasteiger partial charge in [0.25, 0.3) is 0 Å². The van der Waals surface area contributed by atoms with Gasteiger partial charge in [-0.25, -0.2) is 0 Å². The number of hydrogen-bond acceptors (Lipinski definition) is 3. The number of carbonyl (C=O) groups is 1. The van der Waals surface area contributed by atoms with Gasteiger partial charge in [-0.1, -0.05) is 0 Å². The van der Waals surface area contributed by atoms with Crippen LogP contribution in [0.15, 0.2) is 12.3 Å². The predicted octanol–water partition coefficient (Wildman–Crippen LogP) is 0.708. The van der Waals surface area contributed by atoms with Gasteiger partial charge in [0.05, 0.1) is 6.26 Å². The molecular weight excluding hydrogens is 132 g/mol. The number of hydrogen-bond donors (Lipinski definition) is 0. The van der Waals surface area contributed by atoms with Crippen molar-refractivity contribution in [1.29, 1.82) is 0 Å². The number of ether oxygens (including phenoxy) is 2.